The molecule has 0 aliphatic carbocycles. The third kappa shape index (κ3) is 6.40. The predicted octanol–water partition coefficient (Wildman–Crippen LogP) is 3.72. The van der Waals surface area contributed by atoms with E-state index in [0.717, 1.165) is 5.56 Å². The first-order valence-electron chi connectivity index (χ1n) is 5.84. The summed E-state index contributed by atoms with van der Waals surface area (Å²) in [5, 5.41) is -0.0785. The van der Waals surface area contributed by atoms with E-state index in [1.807, 2.05) is 51.1 Å². The van der Waals surface area contributed by atoms with Gasteiger partial charge in [-0.05, 0) is 11.6 Å². The molecule has 0 aliphatic heterocycles. The van der Waals surface area contributed by atoms with Crippen LogP contribution in [-0.4, -0.2) is 15.6 Å². The van der Waals surface area contributed by atoms with Crippen molar-refractivity contribution in [3.63, 3.8) is 0 Å². The highest BCUT2D eigenvalue weighted by molar-refractivity contribution is 8.14. The molecule has 0 heterocycles. The van der Waals surface area contributed by atoms with E-state index < -0.39 is 0 Å². The molecule has 96 valence electrons. The lowest BCUT2D eigenvalue weighted by Gasteiger charge is -2.15. The van der Waals surface area contributed by atoms with Gasteiger partial charge in [0.25, 0.3) is 0 Å². The molecule has 0 amide bonds. The van der Waals surface area contributed by atoms with Crippen LogP contribution in [0.2, 0.25) is 0 Å². The van der Waals surface area contributed by atoms with Crippen molar-refractivity contribution >= 4 is 28.7 Å². The second-order valence-electron chi connectivity index (χ2n) is 4.97. The summed E-state index contributed by atoms with van der Waals surface area (Å²) in [6.07, 6.45) is 3.17. The van der Waals surface area contributed by atoms with Gasteiger partial charge in [0.2, 0.25) is 0 Å². The van der Waals surface area contributed by atoms with Crippen LogP contribution < -0.4 is 0 Å². The minimum atomic E-state index is -0.152. The number of ketones is 1. The number of thioether (sulfide) groups is 1. The molecule has 18 heavy (non-hydrogen) atoms. The van der Waals surface area contributed by atoms with E-state index in [0.29, 0.717) is 0 Å². The molecule has 0 aromatic heterocycles. The van der Waals surface area contributed by atoms with Gasteiger partial charge in [-0.15, -0.1) is 0 Å². The lowest BCUT2D eigenvalue weighted by Crippen LogP contribution is -2.13. The molecule has 3 heteroatoms. The minimum Gasteiger partial charge on any atom is -0.294 e. The molecular formula is C15H18O2S. The van der Waals surface area contributed by atoms with E-state index in [-0.39, 0.29) is 22.1 Å². The topological polar surface area (TPSA) is 34.1 Å². The second kappa shape index (κ2) is 6.55. The average molecular weight is 262 g/mol. The normalized spacial score (nSPS) is 11.7. The first-order valence-corrected chi connectivity index (χ1v) is 6.66. The van der Waals surface area contributed by atoms with Gasteiger partial charge in [0, 0.05) is 4.75 Å². The molecule has 0 bridgehead atoms. The van der Waals surface area contributed by atoms with Crippen LogP contribution in [-0.2, 0) is 9.59 Å². The van der Waals surface area contributed by atoms with Crippen molar-refractivity contribution in [3.8, 4) is 0 Å². The summed E-state index contributed by atoms with van der Waals surface area (Å²) in [6.45, 7) is 5.87. The molecule has 0 saturated carbocycles. The Hall–Kier alpha value is -1.35. The van der Waals surface area contributed by atoms with Crippen molar-refractivity contribution < 1.29 is 9.59 Å². The van der Waals surface area contributed by atoms with E-state index in [9.17, 15) is 9.59 Å². The third-order valence-corrected chi connectivity index (χ3v) is 2.98. The van der Waals surface area contributed by atoms with Crippen molar-refractivity contribution in [1.29, 1.82) is 0 Å². The smallest absolute Gasteiger partial charge is 0.197 e. The summed E-state index contributed by atoms with van der Waals surface area (Å²) in [7, 11) is 0. The zero-order chi connectivity index (χ0) is 13.6. The third-order valence-electron chi connectivity index (χ3n) is 2.00. The van der Waals surface area contributed by atoms with Crippen molar-refractivity contribution in [2.24, 2.45) is 0 Å². The van der Waals surface area contributed by atoms with Crippen LogP contribution in [0.25, 0.3) is 6.08 Å². The number of hydrogen-bond acceptors (Lipinski definition) is 3. The molecule has 0 N–H and O–H groups in total. The zero-order valence-electron chi connectivity index (χ0n) is 11.0. The summed E-state index contributed by atoms with van der Waals surface area (Å²) in [4.78, 5) is 23.2. The Morgan fingerprint density at radius 3 is 2.33 bits per heavy atom. The number of benzene rings is 1. The van der Waals surface area contributed by atoms with Gasteiger partial charge in [-0.1, -0.05) is 68.9 Å². The van der Waals surface area contributed by atoms with E-state index in [1.165, 1.54) is 17.8 Å². The van der Waals surface area contributed by atoms with Crippen molar-refractivity contribution in [3.05, 3.63) is 42.0 Å². The summed E-state index contributed by atoms with van der Waals surface area (Å²) in [5.41, 5.74) is 0.960. The molecular weight excluding hydrogens is 244 g/mol. The molecule has 0 aliphatic rings. The number of carbonyl (C=O) groups excluding carboxylic acids is 2. The largest absolute Gasteiger partial charge is 0.294 e. The van der Waals surface area contributed by atoms with Crippen molar-refractivity contribution in [1.82, 2.24) is 0 Å². The predicted molar refractivity (Wildman–Crippen MR) is 77.5 cm³/mol. The highest BCUT2D eigenvalue weighted by Crippen LogP contribution is 2.25. The Morgan fingerprint density at radius 1 is 1.17 bits per heavy atom. The Morgan fingerprint density at radius 2 is 1.78 bits per heavy atom. The van der Waals surface area contributed by atoms with Gasteiger partial charge in [-0.25, -0.2) is 0 Å². The maximum Gasteiger partial charge on any atom is 0.197 e. The van der Waals surface area contributed by atoms with Gasteiger partial charge in [0.05, 0.1) is 6.42 Å². The number of allylic oxidation sites excluding steroid dienone is 1. The molecule has 1 aromatic rings. The molecule has 0 atom stereocenters. The van der Waals surface area contributed by atoms with Crippen molar-refractivity contribution in [2.75, 3.05) is 0 Å². The van der Waals surface area contributed by atoms with E-state index in [2.05, 4.69) is 0 Å². The van der Waals surface area contributed by atoms with Crippen LogP contribution in [0.4, 0.5) is 0 Å². The number of carbonyl (C=O) groups is 2. The summed E-state index contributed by atoms with van der Waals surface area (Å²) in [5.74, 6) is -0.152. The monoisotopic (exact) mass is 262 g/mol. The Bertz CT molecular complexity index is 441. The van der Waals surface area contributed by atoms with E-state index >= 15 is 0 Å². The quantitative estimate of drug-likeness (QED) is 0.612. The molecule has 1 rings (SSSR count). The summed E-state index contributed by atoms with van der Waals surface area (Å²) < 4.78 is -0.138. The van der Waals surface area contributed by atoms with E-state index in [1.54, 1.807) is 6.08 Å². The fourth-order valence-electron chi connectivity index (χ4n) is 1.33. The van der Waals surface area contributed by atoms with Crippen LogP contribution in [0.15, 0.2) is 36.4 Å². The van der Waals surface area contributed by atoms with E-state index in [4.69, 9.17) is 0 Å². The van der Waals surface area contributed by atoms with Gasteiger partial charge in [0.15, 0.2) is 10.9 Å². The van der Waals surface area contributed by atoms with Crippen LogP contribution in [0.3, 0.4) is 0 Å². The lowest BCUT2D eigenvalue weighted by molar-refractivity contribution is -0.120. The SMILES string of the molecule is CC(C)(C)SC(=O)CC(=O)/C=C/c1ccccc1. The molecule has 2 nitrogen and oxygen atoms in total. The molecule has 0 radical (unpaired) electrons. The van der Waals surface area contributed by atoms with Gasteiger partial charge in [0.1, 0.15) is 0 Å². The first kappa shape index (κ1) is 14.7. The molecule has 0 spiro atoms. The molecule has 0 unspecified atom stereocenters. The highest BCUT2D eigenvalue weighted by Gasteiger charge is 2.18. The maximum atomic E-state index is 11.6. The summed E-state index contributed by atoms with van der Waals surface area (Å²) >= 11 is 1.21. The Kier molecular flexibility index (Phi) is 5.35. The molecule has 0 saturated heterocycles. The maximum absolute atomic E-state index is 11.6. The highest BCUT2D eigenvalue weighted by atomic mass is 32.2. The Labute approximate surface area is 112 Å². The summed E-state index contributed by atoms with van der Waals surface area (Å²) in [6, 6.07) is 9.56. The van der Waals surface area contributed by atoms with Crippen LogP contribution in [0.1, 0.15) is 32.8 Å². The van der Waals surface area contributed by atoms with Gasteiger partial charge >= 0.3 is 0 Å². The van der Waals surface area contributed by atoms with Crippen LogP contribution >= 0.6 is 11.8 Å². The Balaban J connectivity index is 2.47. The van der Waals surface area contributed by atoms with Gasteiger partial charge in [-0.3, -0.25) is 9.59 Å². The zero-order valence-corrected chi connectivity index (χ0v) is 11.8. The van der Waals surface area contributed by atoms with Crippen LogP contribution in [0, 0.1) is 0 Å². The first-order chi connectivity index (χ1) is 8.37. The fourth-order valence-corrected chi connectivity index (χ4v) is 2.23. The number of hydrogen-bond donors (Lipinski definition) is 0. The van der Waals surface area contributed by atoms with Gasteiger partial charge in [-0.2, -0.15) is 0 Å². The fraction of sp³-hybridized carbons (Fsp3) is 0.333. The minimum absolute atomic E-state index is 0.0364. The standard InChI is InChI=1S/C15H18O2S/c1-15(2,3)18-14(17)11-13(16)10-9-12-7-5-4-6-8-12/h4-10H,11H2,1-3H3/b10-9+. The number of rotatable bonds is 4. The molecule has 0 fully saturated rings. The van der Waals surface area contributed by atoms with Gasteiger partial charge < -0.3 is 0 Å². The molecule has 1 aromatic carbocycles. The van der Waals surface area contributed by atoms with Crippen LogP contribution in [0.5, 0.6) is 0 Å². The lowest BCUT2D eigenvalue weighted by atomic mass is 10.2. The second-order valence-corrected chi connectivity index (χ2v) is 6.86. The average Bonchev–Trinajstić information content (AvgIpc) is 2.25. The van der Waals surface area contributed by atoms with Crippen molar-refractivity contribution in [2.45, 2.75) is 31.9 Å².